The average molecular weight is 97.1 g/mol. The van der Waals surface area contributed by atoms with Gasteiger partial charge in [0.2, 0.25) is 13.1 Å². The van der Waals surface area contributed by atoms with E-state index in [4.69, 9.17) is 6.42 Å². The van der Waals surface area contributed by atoms with E-state index in [2.05, 4.69) is 22.1 Å². The maximum Gasteiger partial charge on any atom is 0.214 e. The SMILES string of the molecule is C#[C][Al-]([CH3])([CH3])[CH3]. The molecular weight excluding hydrogens is 87.0 g/mol. The zero-order valence-electron chi connectivity index (χ0n) is 4.65. The molecule has 0 amide bonds. The van der Waals surface area contributed by atoms with E-state index in [1.807, 2.05) is 0 Å². The van der Waals surface area contributed by atoms with Gasteiger partial charge in [-0.25, -0.2) is 0 Å². The molecule has 0 saturated heterocycles. The molecule has 0 bridgehead atoms. The van der Waals surface area contributed by atoms with E-state index in [0.717, 1.165) is 0 Å². The summed E-state index contributed by atoms with van der Waals surface area (Å²) in [5.41, 5.74) is 0. The largest absolute Gasteiger partial charge is 0.357 e. The van der Waals surface area contributed by atoms with Crippen molar-refractivity contribution < 1.29 is 0 Å². The Kier molecular flexibility index (Phi) is 1.72. The van der Waals surface area contributed by atoms with Crippen molar-refractivity contribution in [3.63, 3.8) is 0 Å². The summed E-state index contributed by atoms with van der Waals surface area (Å²) in [6.45, 7) is 0. The Morgan fingerprint density at radius 1 is 1.33 bits per heavy atom. The zero-order chi connectivity index (χ0) is 5.21. The maximum atomic E-state index is 5.13. The Hall–Kier alpha value is 0.0925. The minimum atomic E-state index is -1.34. The lowest BCUT2D eigenvalue weighted by molar-refractivity contribution is 1.82. The Bertz CT molecular complexity index is 70.9. The summed E-state index contributed by atoms with van der Waals surface area (Å²) in [5.74, 6) is 6.52. The Balaban J connectivity index is 3.55. The summed E-state index contributed by atoms with van der Waals surface area (Å²) in [6.07, 6.45) is 5.13. The molecule has 0 aliphatic heterocycles. The molecule has 0 saturated carbocycles. The molecule has 0 aromatic heterocycles. The highest BCUT2D eigenvalue weighted by Gasteiger charge is 2.02. The van der Waals surface area contributed by atoms with Crippen molar-refractivity contribution in [3.05, 3.63) is 0 Å². The minimum Gasteiger partial charge on any atom is -0.357 e. The topological polar surface area (TPSA) is 0 Å². The van der Waals surface area contributed by atoms with Crippen molar-refractivity contribution in [2.24, 2.45) is 0 Å². The summed E-state index contributed by atoms with van der Waals surface area (Å²) in [7, 11) is 0. The van der Waals surface area contributed by atoms with E-state index in [1.54, 1.807) is 0 Å². The molecular formula is C5H10Al-. The fourth-order valence-electron chi connectivity index (χ4n) is 0. The summed E-state index contributed by atoms with van der Waals surface area (Å²) in [6, 6.07) is 0. The summed E-state index contributed by atoms with van der Waals surface area (Å²) in [5, 5.41) is 0. The van der Waals surface area contributed by atoms with Gasteiger partial charge in [0.1, 0.15) is 0 Å². The van der Waals surface area contributed by atoms with Crippen LogP contribution in [0.3, 0.4) is 0 Å². The first kappa shape index (κ1) is 6.09. The monoisotopic (exact) mass is 97.1 g/mol. The first-order chi connectivity index (χ1) is 2.56. The van der Waals surface area contributed by atoms with Crippen molar-refractivity contribution in [3.8, 4) is 11.2 Å². The highest BCUT2D eigenvalue weighted by atomic mass is 27.2. The number of hydrogen-bond donors (Lipinski definition) is 0. The third kappa shape index (κ3) is 4.09. The summed E-state index contributed by atoms with van der Waals surface area (Å²) >= 11 is -1.34. The van der Waals surface area contributed by atoms with Crippen molar-refractivity contribution in [2.75, 3.05) is 0 Å². The van der Waals surface area contributed by atoms with Crippen LogP contribution in [0.4, 0.5) is 0 Å². The predicted molar refractivity (Wildman–Crippen MR) is 32.2 cm³/mol. The molecule has 0 aromatic rings. The fourth-order valence-corrected chi connectivity index (χ4v) is 0. The minimum absolute atomic E-state index is 1.34. The van der Waals surface area contributed by atoms with Gasteiger partial charge in [0.25, 0.3) is 0 Å². The quantitative estimate of drug-likeness (QED) is 0.317. The van der Waals surface area contributed by atoms with Crippen molar-refractivity contribution in [1.82, 2.24) is 0 Å². The van der Waals surface area contributed by atoms with E-state index in [0.29, 0.717) is 0 Å². The van der Waals surface area contributed by atoms with Crippen molar-refractivity contribution >= 4 is 13.1 Å². The zero-order valence-corrected chi connectivity index (χ0v) is 5.81. The van der Waals surface area contributed by atoms with E-state index in [1.165, 1.54) is 0 Å². The van der Waals surface area contributed by atoms with Gasteiger partial charge in [0.15, 0.2) is 0 Å². The van der Waals surface area contributed by atoms with Crippen LogP contribution in [0.1, 0.15) is 0 Å². The summed E-state index contributed by atoms with van der Waals surface area (Å²) < 4.78 is 0. The molecule has 0 N–H and O–H groups in total. The predicted octanol–water partition coefficient (Wildman–Crippen LogP) is 1.50. The van der Waals surface area contributed by atoms with E-state index >= 15 is 0 Å². The van der Waals surface area contributed by atoms with Crippen LogP contribution in [-0.2, 0) is 0 Å². The molecule has 0 aromatic carbocycles. The Labute approximate surface area is 42.2 Å². The maximum absolute atomic E-state index is 5.13. The van der Waals surface area contributed by atoms with E-state index < -0.39 is 13.1 Å². The number of hydrogen-bond acceptors (Lipinski definition) is 0. The molecule has 0 rings (SSSR count). The normalized spacial score (nSPS) is 10.3. The lowest BCUT2D eigenvalue weighted by Gasteiger charge is -2.05. The van der Waals surface area contributed by atoms with Crippen LogP contribution in [-0.4, -0.2) is 13.1 Å². The molecule has 0 fully saturated rings. The van der Waals surface area contributed by atoms with Gasteiger partial charge in [-0.3, -0.25) is 0 Å². The molecule has 1 heteroatoms. The lowest BCUT2D eigenvalue weighted by Crippen LogP contribution is -2.15. The molecule has 6 heavy (non-hydrogen) atoms. The molecule has 34 valence electrons. The molecule has 0 aliphatic rings. The van der Waals surface area contributed by atoms with Crippen LogP contribution in [0.15, 0.2) is 0 Å². The Morgan fingerprint density at radius 3 is 1.50 bits per heavy atom. The molecule has 0 aliphatic carbocycles. The first-order valence-electron chi connectivity index (χ1n) is 2.31. The van der Waals surface area contributed by atoms with Crippen molar-refractivity contribution in [2.45, 2.75) is 17.4 Å². The van der Waals surface area contributed by atoms with Crippen LogP contribution in [0.5, 0.6) is 0 Å². The van der Waals surface area contributed by atoms with Gasteiger partial charge in [-0.05, 0) is 0 Å². The average Bonchev–Trinajstić information content (AvgIpc) is 1.35. The van der Waals surface area contributed by atoms with Gasteiger partial charge in [-0.2, -0.15) is 23.8 Å². The molecule has 0 nitrogen and oxygen atoms in total. The smallest absolute Gasteiger partial charge is 0.214 e. The highest BCUT2D eigenvalue weighted by Crippen LogP contribution is 1.94. The van der Waals surface area contributed by atoms with Crippen LogP contribution in [0.2, 0.25) is 17.4 Å². The van der Waals surface area contributed by atoms with Crippen LogP contribution < -0.4 is 0 Å². The van der Waals surface area contributed by atoms with Gasteiger partial charge in [-0.15, -0.1) is 0 Å². The van der Waals surface area contributed by atoms with Gasteiger partial charge < -0.3 is 4.78 Å². The van der Waals surface area contributed by atoms with Gasteiger partial charge in [0, 0.05) is 0 Å². The van der Waals surface area contributed by atoms with Crippen molar-refractivity contribution in [1.29, 1.82) is 0 Å². The second-order valence-electron chi connectivity index (χ2n) is 2.76. The number of terminal acetylenes is 1. The fraction of sp³-hybridized carbons (Fsp3) is 0.600. The molecule has 0 unspecified atom stereocenters. The summed E-state index contributed by atoms with van der Waals surface area (Å²) in [4.78, 5) is 2.77. The number of rotatable bonds is 0. The van der Waals surface area contributed by atoms with Gasteiger partial charge in [0.05, 0.1) is 0 Å². The standard InChI is InChI=1S/C2H.3CH3.Al/c1-2;;;;/h1H;3*1H3;/q;;;;-1. The van der Waals surface area contributed by atoms with E-state index in [-0.39, 0.29) is 0 Å². The lowest BCUT2D eigenvalue weighted by atomic mass is 11.4. The van der Waals surface area contributed by atoms with Crippen LogP contribution in [0.25, 0.3) is 0 Å². The second-order valence-corrected chi connectivity index (χ2v) is 8.29. The van der Waals surface area contributed by atoms with Gasteiger partial charge in [-0.1, -0.05) is 0 Å². The molecule has 0 heterocycles. The third-order valence-electron chi connectivity index (χ3n) is 0.500. The Morgan fingerprint density at radius 2 is 1.50 bits per heavy atom. The third-order valence-corrected chi connectivity index (χ3v) is 1.50. The van der Waals surface area contributed by atoms with Gasteiger partial charge >= 0.3 is 0 Å². The van der Waals surface area contributed by atoms with Crippen LogP contribution >= 0.6 is 0 Å². The molecule has 0 atom stereocenters. The highest BCUT2D eigenvalue weighted by molar-refractivity contribution is 6.83. The van der Waals surface area contributed by atoms with Crippen LogP contribution in [0, 0.1) is 11.2 Å². The molecule has 0 radical (unpaired) electrons. The molecule has 0 spiro atoms. The van der Waals surface area contributed by atoms with E-state index in [9.17, 15) is 0 Å². The first-order valence-corrected chi connectivity index (χ1v) is 6.35. The second kappa shape index (κ2) is 1.70.